The van der Waals surface area contributed by atoms with Crippen LogP contribution >= 0.6 is 0 Å². The standard InChI is InChI=1S/C23H37N5O2/c1-3-26(4-2)22(30)19-17-28(25-24-19)20-11-12-23(20)13-15-27(16-14-23)21(29)10-9-18-7-5-6-8-18/h17-18,20H,3-16H2,1-2H3. The van der Waals surface area contributed by atoms with Gasteiger partial charge in [-0.05, 0) is 57.3 Å². The maximum atomic E-state index is 12.7. The molecule has 1 aromatic rings. The summed E-state index contributed by atoms with van der Waals surface area (Å²) in [5.41, 5.74) is 0.658. The van der Waals surface area contributed by atoms with Crippen LogP contribution < -0.4 is 0 Å². The molecule has 1 aromatic heterocycles. The minimum atomic E-state index is -0.0395. The summed E-state index contributed by atoms with van der Waals surface area (Å²) in [6.45, 7) is 7.05. The van der Waals surface area contributed by atoms with Crippen molar-refractivity contribution >= 4 is 11.8 Å². The van der Waals surface area contributed by atoms with Gasteiger partial charge in [-0.15, -0.1) is 5.10 Å². The molecule has 2 aliphatic carbocycles. The molecule has 2 amide bonds. The van der Waals surface area contributed by atoms with Gasteiger partial charge < -0.3 is 9.80 Å². The number of nitrogens with zero attached hydrogens (tertiary/aromatic N) is 5. The first-order chi connectivity index (χ1) is 14.6. The van der Waals surface area contributed by atoms with Gasteiger partial charge in [0.05, 0.1) is 12.2 Å². The van der Waals surface area contributed by atoms with E-state index in [1.807, 2.05) is 24.7 Å². The SMILES string of the molecule is CCN(CC)C(=O)c1cn(C2CCC23CCN(C(=O)CCC2CCCC2)CC3)nn1. The van der Waals surface area contributed by atoms with Gasteiger partial charge in [0.15, 0.2) is 5.69 Å². The summed E-state index contributed by atoms with van der Waals surface area (Å²) < 4.78 is 1.93. The van der Waals surface area contributed by atoms with Crippen molar-refractivity contribution < 1.29 is 9.59 Å². The van der Waals surface area contributed by atoms with Crippen molar-refractivity contribution in [2.24, 2.45) is 11.3 Å². The van der Waals surface area contributed by atoms with Gasteiger partial charge in [-0.1, -0.05) is 30.9 Å². The number of piperidine rings is 1. The van der Waals surface area contributed by atoms with E-state index in [4.69, 9.17) is 0 Å². The highest BCUT2D eigenvalue weighted by molar-refractivity contribution is 5.91. The quantitative estimate of drug-likeness (QED) is 0.681. The van der Waals surface area contributed by atoms with Crippen LogP contribution in [0.4, 0.5) is 0 Å². The Morgan fingerprint density at radius 3 is 2.40 bits per heavy atom. The Morgan fingerprint density at radius 1 is 1.10 bits per heavy atom. The highest BCUT2D eigenvalue weighted by Crippen LogP contribution is 2.56. The number of hydrogen-bond donors (Lipinski definition) is 0. The van der Waals surface area contributed by atoms with Gasteiger partial charge in [-0.2, -0.15) is 0 Å². The Kier molecular flexibility index (Phi) is 6.44. The van der Waals surface area contributed by atoms with Crippen LogP contribution in [0.25, 0.3) is 0 Å². The van der Waals surface area contributed by atoms with Crippen LogP contribution in [0.15, 0.2) is 6.20 Å². The molecular weight excluding hydrogens is 378 g/mol. The lowest BCUT2D eigenvalue weighted by Gasteiger charge is -2.53. The zero-order valence-corrected chi connectivity index (χ0v) is 18.7. The fourth-order valence-corrected chi connectivity index (χ4v) is 5.86. The van der Waals surface area contributed by atoms with E-state index in [9.17, 15) is 9.59 Å². The Hall–Kier alpha value is -1.92. The first kappa shape index (κ1) is 21.3. The molecule has 0 aromatic carbocycles. The number of carbonyl (C=O) groups is 2. The largest absolute Gasteiger partial charge is 0.343 e. The molecule has 7 heteroatoms. The van der Waals surface area contributed by atoms with E-state index in [0.29, 0.717) is 30.7 Å². The van der Waals surface area contributed by atoms with E-state index in [-0.39, 0.29) is 11.3 Å². The molecule has 0 bridgehead atoms. The summed E-state index contributed by atoms with van der Waals surface area (Å²) in [4.78, 5) is 29.1. The number of amides is 2. The molecule has 166 valence electrons. The number of carbonyl (C=O) groups excluding carboxylic acids is 2. The van der Waals surface area contributed by atoms with Crippen molar-refractivity contribution in [3.8, 4) is 0 Å². The van der Waals surface area contributed by atoms with Gasteiger partial charge >= 0.3 is 0 Å². The molecule has 1 unspecified atom stereocenters. The molecule has 4 rings (SSSR count). The van der Waals surface area contributed by atoms with E-state index in [1.165, 1.54) is 32.1 Å². The van der Waals surface area contributed by atoms with Gasteiger partial charge in [0.1, 0.15) is 0 Å². The Balaban J connectivity index is 1.31. The zero-order valence-electron chi connectivity index (χ0n) is 18.7. The second kappa shape index (κ2) is 9.06. The van der Waals surface area contributed by atoms with Crippen molar-refractivity contribution in [1.29, 1.82) is 0 Å². The third-order valence-corrected chi connectivity index (χ3v) is 8.08. The first-order valence-corrected chi connectivity index (χ1v) is 12.0. The molecule has 1 aliphatic heterocycles. The third-order valence-electron chi connectivity index (χ3n) is 8.08. The van der Waals surface area contributed by atoms with E-state index >= 15 is 0 Å². The second-order valence-corrected chi connectivity index (χ2v) is 9.55. The van der Waals surface area contributed by atoms with Crippen molar-refractivity contribution in [2.45, 2.75) is 84.1 Å². The van der Waals surface area contributed by atoms with Crippen LogP contribution in [0.1, 0.15) is 94.6 Å². The fourth-order valence-electron chi connectivity index (χ4n) is 5.86. The van der Waals surface area contributed by atoms with Crippen molar-refractivity contribution in [2.75, 3.05) is 26.2 Å². The number of rotatable bonds is 7. The number of likely N-dealkylation sites (tertiary alicyclic amines) is 1. The lowest BCUT2D eigenvalue weighted by atomic mass is 9.59. The molecule has 1 saturated heterocycles. The van der Waals surface area contributed by atoms with Crippen LogP contribution in [0.5, 0.6) is 0 Å². The van der Waals surface area contributed by atoms with E-state index in [0.717, 1.165) is 51.1 Å². The predicted molar refractivity (Wildman–Crippen MR) is 115 cm³/mol. The Bertz CT molecular complexity index is 743. The van der Waals surface area contributed by atoms with Crippen molar-refractivity contribution in [3.05, 3.63) is 11.9 Å². The first-order valence-electron chi connectivity index (χ1n) is 12.0. The average molecular weight is 416 g/mol. The van der Waals surface area contributed by atoms with E-state index in [1.54, 1.807) is 4.90 Å². The van der Waals surface area contributed by atoms with Crippen LogP contribution in [0, 0.1) is 11.3 Å². The van der Waals surface area contributed by atoms with Crippen molar-refractivity contribution in [3.63, 3.8) is 0 Å². The van der Waals surface area contributed by atoms with Crippen LogP contribution in [-0.2, 0) is 4.79 Å². The highest BCUT2D eigenvalue weighted by atomic mass is 16.2. The molecule has 7 nitrogen and oxygen atoms in total. The summed E-state index contributed by atoms with van der Waals surface area (Å²) in [5.74, 6) is 1.09. The lowest BCUT2D eigenvalue weighted by molar-refractivity contribution is -0.136. The Labute approximate surface area is 180 Å². The number of hydrogen-bond acceptors (Lipinski definition) is 4. The summed E-state index contributed by atoms with van der Waals surface area (Å²) in [7, 11) is 0. The summed E-state index contributed by atoms with van der Waals surface area (Å²) in [6.07, 6.45) is 13.3. The van der Waals surface area contributed by atoms with Gasteiger partial charge in [0, 0.05) is 32.6 Å². The summed E-state index contributed by atoms with van der Waals surface area (Å²) in [5, 5.41) is 8.50. The van der Waals surface area contributed by atoms with Crippen LogP contribution in [0.3, 0.4) is 0 Å². The Morgan fingerprint density at radius 2 is 1.80 bits per heavy atom. The van der Waals surface area contributed by atoms with E-state index in [2.05, 4.69) is 15.2 Å². The molecule has 3 fully saturated rings. The predicted octanol–water partition coefficient (Wildman–Crippen LogP) is 3.67. The molecular formula is C23H37N5O2. The molecule has 2 heterocycles. The van der Waals surface area contributed by atoms with Crippen LogP contribution in [0.2, 0.25) is 0 Å². The highest BCUT2D eigenvalue weighted by Gasteiger charge is 2.50. The van der Waals surface area contributed by atoms with E-state index < -0.39 is 0 Å². The molecule has 30 heavy (non-hydrogen) atoms. The molecule has 1 spiro atoms. The lowest BCUT2D eigenvalue weighted by Crippen LogP contribution is -2.51. The molecule has 3 aliphatic rings. The molecule has 0 N–H and O–H groups in total. The van der Waals surface area contributed by atoms with Gasteiger partial charge in [0.25, 0.3) is 5.91 Å². The smallest absolute Gasteiger partial charge is 0.276 e. The van der Waals surface area contributed by atoms with Gasteiger partial charge in [-0.25, -0.2) is 4.68 Å². The van der Waals surface area contributed by atoms with Crippen LogP contribution in [-0.4, -0.2) is 62.8 Å². The second-order valence-electron chi connectivity index (χ2n) is 9.55. The number of aromatic nitrogens is 3. The monoisotopic (exact) mass is 415 g/mol. The maximum Gasteiger partial charge on any atom is 0.276 e. The molecule has 1 atom stereocenters. The fraction of sp³-hybridized carbons (Fsp3) is 0.826. The third kappa shape index (κ3) is 4.12. The van der Waals surface area contributed by atoms with Crippen molar-refractivity contribution in [1.82, 2.24) is 24.8 Å². The average Bonchev–Trinajstić information content (AvgIpc) is 3.44. The summed E-state index contributed by atoms with van der Waals surface area (Å²) in [6, 6.07) is 0.305. The zero-order chi connectivity index (χ0) is 21.1. The van der Waals surface area contributed by atoms with Gasteiger partial charge in [0.2, 0.25) is 5.91 Å². The normalized spacial score (nSPS) is 23.5. The molecule has 2 saturated carbocycles. The summed E-state index contributed by atoms with van der Waals surface area (Å²) >= 11 is 0. The minimum Gasteiger partial charge on any atom is -0.343 e. The maximum absolute atomic E-state index is 12.7. The topological polar surface area (TPSA) is 71.3 Å². The van der Waals surface area contributed by atoms with Gasteiger partial charge in [-0.3, -0.25) is 9.59 Å². The minimum absolute atomic E-state index is 0.0395. The molecule has 0 radical (unpaired) electrons.